The summed E-state index contributed by atoms with van der Waals surface area (Å²) in [6, 6.07) is 12.0. The predicted octanol–water partition coefficient (Wildman–Crippen LogP) is 3.98. The summed E-state index contributed by atoms with van der Waals surface area (Å²) in [6.45, 7) is 4.22. The van der Waals surface area contributed by atoms with Gasteiger partial charge < -0.3 is 19.5 Å². The van der Waals surface area contributed by atoms with Crippen LogP contribution in [-0.4, -0.2) is 32.2 Å². The second-order valence-corrected chi connectivity index (χ2v) is 6.05. The molecule has 144 valence electrons. The van der Waals surface area contributed by atoms with Crippen LogP contribution in [0, 0.1) is 6.92 Å². The third-order valence-corrected chi connectivity index (χ3v) is 3.82. The van der Waals surface area contributed by atoms with Gasteiger partial charge in [-0.15, -0.1) is 0 Å². The number of unbranched alkanes of at least 4 members (excludes halogenated alkanes) is 1. The van der Waals surface area contributed by atoms with Crippen LogP contribution in [0.15, 0.2) is 42.5 Å². The minimum atomic E-state index is -0.362. The smallest absolute Gasteiger partial charge is 0.338 e. The molecule has 2 aromatic carbocycles. The Kier molecular flexibility index (Phi) is 7.67. The Morgan fingerprint density at radius 2 is 1.81 bits per heavy atom. The van der Waals surface area contributed by atoms with Gasteiger partial charge in [-0.1, -0.05) is 19.4 Å². The van der Waals surface area contributed by atoms with E-state index in [0.29, 0.717) is 29.4 Å². The highest BCUT2D eigenvalue weighted by Crippen LogP contribution is 2.25. The van der Waals surface area contributed by atoms with Crippen LogP contribution in [-0.2, 0) is 9.53 Å². The van der Waals surface area contributed by atoms with Crippen molar-refractivity contribution in [3.8, 4) is 11.5 Å². The summed E-state index contributed by atoms with van der Waals surface area (Å²) in [5, 5.41) is 2.77. The second kappa shape index (κ2) is 10.2. The first-order valence-electron chi connectivity index (χ1n) is 8.88. The lowest BCUT2D eigenvalue weighted by atomic mass is 10.2. The van der Waals surface area contributed by atoms with Crippen molar-refractivity contribution < 1.29 is 23.8 Å². The van der Waals surface area contributed by atoms with E-state index in [1.165, 1.54) is 0 Å². The van der Waals surface area contributed by atoms with E-state index in [1.807, 2.05) is 26.0 Å². The summed E-state index contributed by atoms with van der Waals surface area (Å²) in [5.74, 6) is 0.410. The number of nitrogens with one attached hydrogen (secondary N) is 1. The molecular weight excluding hydrogens is 346 g/mol. The molecule has 1 N–H and O–H groups in total. The first-order valence-corrected chi connectivity index (χ1v) is 8.88. The molecule has 0 atom stereocenters. The number of aryl methyl sites for hydroxylation is 1. The Morgan fingerprint density at radius 3 is 2.48 bits per heavy atom. The average molecular weight is 371 g/mol. The van der Waals surface area contributed by atoms with E-state index in [4.69, 9.17) is 14.2 Å². The third-order valence-electron chi connectivity index (χ3n) is 3.82. The van der Waals surface area contributed by atoms with Crippen molar-refractivity contribution in [1.82, 2.24) is 0 Å². The third kappa shape index (κ3) is 6.33. The molecule has 0 heterocycles. The molecule has 2 rings (SSSR count). The highest BCUT2D eigenvalue weighted by Gasteiger charge is 2.10. The average Bonchev–Trinajstić information content (AvgIpc) is 2.67. The van der Waals surface area contributed by atoms with Gasteiger partial charge in [-0.3, -0.25) is 4.79 Å². The minimum absolute atomic E-state index is 0.155. The highest BCUT2D eigenvalue weighted by molar-refractivity contribution is 5.93. The van der Waals surface area contributed by atoms with Crippen LogP contribution < -0.4 is 14.8 Å². The maximum Gasteiger partial charge on any atom is 0.338 e. The molecule has 0 aliphatic heterocycles. The van der Waals surface area contributed by atoms with Crippen LogP contribution in [0.2, 0.25) is 0 Å². The predicted molar refractivity (Wildman–Crippen MR) is 103 cm³/mol. The maximum absolute atomic E-state index is 12.1. The van der Waals surface area contributed by atoms with Gasteiger partial charge in [-0.2, -0.15) is 0 Å². The first kappa shape index (κ1) is 20.3. The van der Waals surface area contributed by atoms with Gasteiger partial charge in [0.2, 0.25) is 0 Å². The van der Waals surface area contributed by atoms with Crippen molar-refractivity contribution in [2.75, 3.05) is 25.6 Å². The number of anilines is 1. The summed E-state index contributed by atoms with van der Waals surface area (Å²) in [5.41, 5.74) is 2.05. The molecule has 0 saturated carbocycles. The van der Waals surface area contributed by atoms with Gasteiger partial charge in [0, 0.05) is 0 Å². The minimum Gasteiger partial charge on any atom is -0.495 e. The van der Waals surface area contributed by atoms with E-state index in [2.05, 4.69) is 5.32 Å². The number of ether oxygens (including phenoxy) is 3. The zero-order valence-corrected chi connectivity index (χ0v) is 15.9. The van der Waals surface area contributed by atoms with Crippen molar-refractivity contribution in [1.29, 1.82) is 0 Å². The summed E-state index contributed by atoms with van der Waals surface area (Å²) >= 11 is 0. The standard InChI is InChI=1S/C21H25NO5/c1-4-5-12-26-21(24)16-7-9-17(10-8-16)27-14-20(23)22-18-13-15(2)6-11-19(18)25-3/h6-11,13H,4-5,12,14H2,1-3H3,(H,22,23). The maximum atomic E-state index is 12.1. The fourth-order valence-corrected chi connectivity index (χ4v) is 2.33. The molecule has 0 saturated heterocycles. The lowest BCUT2D eigenvalue weighted by Crippen LogP contribution is -2.20. The molecular formula is C21H25NO5. The molecule has 6 nitrogen and oxygen atoms in total. The van der Waals surface area contributed by atoms with Crippen molar-refractivity contribution >= 4 is 17.6 Å². The van der Waals surface area contributed by atoms with Crippen LogP contribution in [0.3, 0.4) is 0 Å². The molecule has 6 heteroatoms. The zero-order valence-electron chi connectivity index (χ0n) is 15.9. The molecule has 0 aliphatic carbocycles. The Morgan fingerprint density at radius 1 is 1.07 bits per heavy atom. The largest absolute Gasteiger partial charge is 0.495 e. The second-order valence-electron chi connectivity index (χ2n) is 6.05. The fourth-order valence-electron chi connectivity index (χ4n) is 2.33. The van der Waals surface area contributed by atoms with Crippen molar-refractivity contribution in [3.63, 3.8) is 0 Å². The first-order chi connectivity index (χ1) is 13.0. The molecule has 0 unspecified atom stereocenters. The Hall–Kier alpha value is -3.02. The topological polar surface area (TPSA) is 73.9 Å². The van der Waals surface area contributed by atoms with Crippen molar-refractivity contribution in [3.05, 3.63) is 53.6 Å². The van der Waals surface area contributed by atoms with E-state index in [1.54, 1.807) is 37.4 Å². The van der Waals surface area contributed by atoms with Gasteiger partial charge in [-0.05, 0) is 55.3 Å². The van der Waals surface area contributed by atoms with Gasteiger partial charge >= 0.3 is 5.97 Å². The summed E-state index contributed by atoms with van der Waals surface area (Å²) < 4.78 is 15.9. The highest BCUT2D eigenvalue weighted by atomic mass is 16.5. The quantitative estimate of drug-likeness (QED) is 0.533. The van der Waals surface area contributed by atoms with Crippen LogP contribution >= 0.6 is 0 Å². The Bertz CT molecular complexity index is 771. The molecule has 0 fully saturated rings. The molecule has 0 radical (unpaired) electrons. The van der Waals surface area contributed by atoms with E-state index < -0.39 is 0 Å². The number of carbonyl (C=O) groups is 2. The SMILES string of the molecule is CCCCOC(=O)c1ccc(OCC(=O)Nc2cc(C)ccc2OC)cc1. The van der Waals surface area contributed by atoms with Crippen molar-refractivity contribution in [2.24, 2.45) is 0 Å². The number of hydrogen-bond donors (Lipinski definition) is 1. The van der Waals surface area contributed by atoms with Crippen LogP contribution in [0.5, 0.6) is 11.5 Å². The molecule has 1 amide bonds. The summed E-state index contributed by atoms with van der Waals surface area (Å²) in [7, 11) is 1.55. The summed E-state index contributed by atoms with van der Waals surface area (Å²) in [4.78, 5) is 24.0. The normalized spacial score (nSPS) is 10.2. The van der Waals surface area contributed by atoms with Gasteiger partial charge in [0.05, 0.1) is 25.0 Å². The number of methoxy groups -OCH3 is 1. The van der Waals surface area contributed by atoms with Gasteiger partial charge in [0.1, 0.15) is 11.5 Å². The summed E-state index contributed by atoms with van der Waals surface area (Å²) in [6.07, 6.45) is 1.81. The number of hydrogen-bond acceptors (Lipinski definition) is 5. The lowest BCUT2D eigenvalue weighted by Gasteiger charge is -2.12. The lowest BCUT2D eigenvalue weighted by molar-refractivity contribution is -0.118. The number of benzene rings is 2. The monoisotopic (exact) mass is 371 g/mol. The zero-order chi connectivity index (χ0) is 19.6. The number of carbonyl (C=O) groups excluding carboxylic acids is 2. The van der Waals surface area contributed by atoms with Crippen LogP contribution in [0.25, 0.3) is 0 Å². The van der Waals surface area contributed by atoms with Crippen LogP contribution in [0.4, 0.5) is 5.69 Å². The van der Waals surface area contributed by atoms with Gasteiger partial charge in [-0.25, -0.2) is 4.79 Å². The Balaban J connectivity index is 1.86. The van der Waals surface area contributed by atoms with Gasteiger partial charge in [0.25, 0.3) is 5.91 Å². The van der Waals surface area contributed by atoms with Crippen LogP contribution in [0.1, 0.15) is 35.7 Å². The number of amides is 1. The van der Waals surface area contributed by atoms with Gasteiger partial charge in [0.15, 0.2) is 6.61 Å². The van der Waals surface area contributed by atoms with E-state index in [0.717, 1.165) is 18.4 Å². The molecule has 0 aliphatic rings. The number of rotatable bonds is 9. The fraction of sp³-hybridized carbons (Fsp3) is 0.333. The van der Waals surface area contributed by atoms with E-state index in [9.17, 15) is 9.59 Å². The molecule has 0 spiro atoms. The van der Waals surface area contributed by atoms with E-state index in [-0.39, 0.29) is 18.5 Å². The number of esters is 1. The molecule has 0 bridgehead atoms. The van der Waals surface area contributed by atoms with Crippen molar-refractivity contribution in [2.45, 2.75) is 26.7 Å². The molecule has 27 heavy (non-hydrogen) atoms. The van der Waals surface area contributed by atoms with E-state index >= 15 is 0 Å². The molecule has 0 aromatic heterocycles. The molecule has 2 aromatic rings. The Labute approximate surface area is 159 Å².